The Hall–Kier alpha value is -1.68. The third kappa shape index (κ3) is 4.39. The van der Waals surface area contributed by atoms with Crippen LogP contribution in [0.1, 0.15) is 22.8 Å². The second-order valence-corrected chi connectivity index (χ2v) is 5.32. The average molecular weight is 285 g/mol. The fourth-order valence-corrected chi connectivity index (χ4v) is 2.28. The van der Waals surface area contributed by atoms with Gasteiger partial charge < -0.3 is 14.7 Å². The molecule has 0 aliphatic carbocycles. The number of rotatable bonds is 7. The van der Waals surface area contributed by atoms with Crippen LogP contribution in [0.5, 0.6) is 0 Å². The summed E-state index contributed by atoms with van der Waals surface area (Å²) >= 11 is 0. The van der Waals surface area contributed by atoms with E-state index in [1.165, 1.54) is 0 Å². The van der Waals surface area contributed by atoms with E-state index in [9.17, 15) is 5.11 Å². The van der Waals surface area contributed by atoms with Gasteiger partial charge in [0.15, 0.2) is 0 Å². The van der Waals surface area contributed by atoms with E-state index >= 15 is 0 Å². The van der Waals surface area contributed by atoms with E-state index in [1.807, 2.05) is 56.6 Å². The maximum atomic E-state index is 9.56. The highest BCUT2D eigenvalue weighted by Gasteiger charge is 2.17. The molecule has 112 valence electrons. The number of aliphatic hydroxyl groups is 1. The Kier molecular flexibility index (Phi) is 5.93. The molecule has 0 amide bonds. The molecule has 0 radical (unpaired) electrons. The van der Waals surface area contributed by atoms with Crippen molar-refractivity contribution in [3.63, 3.8) is 0 Å². The first-order valence-electron chi connectivity index (χ1n) is 7.22. The van der Waals surface area contributed by atoms with Gasteiger partial charge in [-0.2, -0.15) is 0 Å². The van der Waals surface area contributed by atoms with Crippen LogP contribution in [-0.4, -0.2) is 37.3 Å². The molecule has 2 aromatic carbocycles. The highest BCUT2D eigenvalue weighted by molar-refractivity contribution is 5.35. The van der Waals surface area contributed by atoms with Gasteiger partial charge in [-0.25, -0.2) is 0 Å². The van der Waals surface area contributed by atoms with E-state index in [1.54, 1.807) is 0 Å². The van der Waals surface area contributed by atoms with Crippen molar-refractivity contribution < 1.29 is 9.84 Å². The van der Waals surface area contributed by atoms with E-state index < -0.39 is 0 Å². The van der Waals surface area contributed by atoms with Crippen molar-refractivity contribution in [2.45, 2.75) is 12.7 Å². The normalized spacial score (nSPS) is 12.6. The molecule has 0 fully saturated rings. The molecule has 0 bridgehead atoms. The van der Waals surface area contributed by atoms with Crippen LogP contribution >= 0.6 is 0 Å². The first-order chi connectivity index (χ1) is 10.2. The lowest BCUT2D eigenvalue weighted by Gasteiger charge is -2.22. The summed E-state index contributed by atoms with van der Waals surface area (Å²) in [6.07, 6.45) is -0.144. The first-order valence-corrected chi connectivity index (χ1v) is 7.22. The summed E-state index contributed by atoms with van der Waals surface area (Å²) in [7, 11) is 4.06. The standard InChI is InChI=1S/C18H23NO2/c1-19(2)12-13-21-18(15-8-4-3-5-9-15)17-11-7-6-10-16(17)14-20/h3-11,18,20H,12-14H2,1-2H3. The molecule has 0 aliphatic rings. The molecule has 21 heavy (non-hydrogen) atoms. The Balaban J connectivity index is 2.27. The van der Waals surface area contributed by atoms with Gasteiger partial charge in [-0.15, -0.1) is 0 Å². The Labute approximate surface area is 126 Å². The molecule has 0 spiro atoms. The fraction of sp³-hybridized carbons (Fsp3) is 0.333. The number of hydrogen-bond acceptors (Lipinski definition) is 3. The predicted molar refractivity (Wildman–Crippen MR) is 85.2 cm³/mol. The van der Waals surface area contributed by atoms with Crippen LogP contribution in [0.25, 0.3) is 0 Å². The highest BCUT2D eigenvalue weighted by Crippen LogP contribution is 2.28. The molecular formula is C18H23NO2. The molecule has 3 nitrogen and oxygen atoms in total. The summed E-state index contributed by atoms with van der Waals surface area (Å²) in [5, 5.41) is 9.56. The average Bonchev–Trinajstić information content (AvgIpc) is 2.52. The quantitative estimate of drug-likeness (QED) is 0.849. The minimum Gasteiger partial charge on any atom is -0.392 e. The van der Waals surface area contributed by atoms with Crippen molar-refractivity contribution in [1.82, 2.24) is 4.90 Å². The SMILES string of the molecule is CN(C)CCOC(c1ccccc1)c1ccccc1CO. The molecule has 0 heterocycles. The molecule has 0 saturated carbocycles. The summed E-state index contributed by atoms with van der Waals surface area (Å²) in [5.74, 6) is 0. The van der Waals surface area contributed by atoms with E-state index in [0.29, 0.717) is 6.61 Å². The van der Waals surface area contributed by atoms with Gasteiger partial charge in [0.2, 0.25) is 0 Å². The summed E-state index contributed by atoms with van der Waals surface area (Å²) in [5.41, 5.74) is 3.05. The maximum absolute atomic E-state index is 9.56. The van der Waals surface area contributed by atoms with Gasteiger partial charge >= 0.3 is 0 Å². The van der Waals surface area contributed by atoms with Gasteiger partial charge in [-0.05, 0) is 30.8 Å². The van der Waals surface area contributed by atoms with E-state index in [2.05, 4.69) is 17.0 Å². The van der Waals surface area contributed by atoms with Crippen LogP contribution in [0.2, 0.25) is 0 Å². The molecular weight excluding hydrogens is 262 g/mol. The lowest BCUT2D eigenvalue weighted by molar-refractivity contribution is 0.0674. The molecule has 0 saturated heterocycles. The Bertz CT molecular complexity index is 540. The first kappa shape index (κ1) is 15.7. The smallest absolute Gasteiger partial charge is 0.108 e. The van der Waals surface area contributed by atoms with Crippen LogP contribution in [-0.2, 0) is 11.3 Å². The van der Waals surface area contributed by atoms with E-state index in [0.717, 1.165) is 23.2 Å². The molecule has 1 atom stereocenters. The van der Waals surface area contributed by atoms with Gasteiger partial charge in [0.05, 0.1) is 13.2 Å². The van der Waals surface area contributed by atoms with Crippen LogP contribution in [0.4, 0.5) is 0 Å². The van der Waals surface area contributed by atoms with Crippen molar-refractivity contribution in [1.29, 1.82) is 0 Å². The van der Waals surface area contributed by atoms with Gasteiger partial charge in [0.25, 0.3) is 0 Å². The summed E-state index contributed by atoms with van der Waals surface area (Å²) < 4.78 is 6.11. The lowest BCUT2D eigenvalue weighted by atomic mass is 9.97. The van der Waals surface area contributed by atoms with Gasteiger partial charge in [0.1, 0.15) is 6.10 Å². The Morgan fingerprint density at radius 2 is 1.67 bits per heavy atom. The van der Waals surface area contributed by atoms with Crippen LogP contribution in [0, 0.1) is 0 Å². The van der Waals surface area contributed by atoms with Crippen LogP contribution in [0.15, 0.2) is 54.6 Å². The Morgan fingerprint density at radius 1 is 1.00 bits per heavy atom. The second-order valence-electron chi connectivity index (χ2n) is 5.32. The zero-order valence-corrected chi connectivity index (χ0v) is 12.7. The highest BCUT2D eigenvalue weighted by atomic mass is 16.5. The predicted octanol–water partition coefficient (Wildman–Crippen LogP) is 2.85. The minimum absolute atomic E-state index is 0.0244. The summed E-state index contributed by atoms with van der Waals surface area (Å²) in [6.45, 7) is 1.54. The molecule has 0 aromatic heterocycles. The number of nitrogens with zero attached hydrogens (tertiary/aromatic N) is 1. The van der Waals surface area contributed by atoms with Crippen molar-refractivity contribution in [2.75, 3.05) is 27.2 Å². The van der Waals surface area contributed by atoms with E-state index in [-0.39, 0.29) is 12.7 Å². The van der Waals surface area contributed by atoms with Gasteiger partial charge in [-0.3, -0.25) is 0 Å². The molecule has 1 unspecified atom stereocenters. The third-order valence-corrected chi connectivity index (χ3v) is 3.43. The fourth-order valence-electron chi connectivity index (χ4n) is 2.28. The zero-order chi connectivity index (χ0) is 15.1. The molecule has 2 rings (SSSR count). The maximum Gasteiger partial charge on any atom is 0.108 e. The third-order valence-electron chi connectivity index (χ3n) is 3.43. The van der Waals surface area contributed by atoms with Crippen molar-refractivity contribution in [3.05, 3.63) is 71.3 Å². The summed E-state index contributed by atoms with van der Waals surface area (Å²) in [4.78, 5) is 2.10. The van der Waals surface area contributed by atoms with Gasteiger partial charge in [-0.1, -0.05) is 54.6 Å². The van der Waals surface area contributed by atoms with Crippen LogP contribution in [0.3, 0.4) is 0 Å². The monoisotopic (exact) mass is 285 g/mol. The topological polar surface area (TPSA) is 32.7 Å². The number of hydrogen-bond donors (Lipinski definition) is 1. The van der Waals surface area contributed by atoms with Crippen molar-refractivity contribution in [2.24, 2.45) is 0 Å². The van der Waals surface area contributed by atoms with E-state index in [4.69, 9.17) is 4.74 Å². The lowest BCUT2D eigenvalue weighted by Crippen LogP contribution is -2.20. The second kappa shape index (κ2) is 7.93. The Morgan fingerprint density at radius 3 is 2.33 bits per heavy atom. The minimum atomic E-state index is -0.144. The number of aliphatic hydroxyl groups excluding tert-OH is 1. The number of likely N-dealkylation sites (N-methyl/N-ethyl adjacent to an activating group) is 1. The molecule has 3 heteroatoms. The number of ether oxygens (including phenoxy) is 1. The summed E-state index contributed by atoms with van der Waals surface area (Å²) in [6, 6.07) is 18.1. The van der Waals surface area contributed by atoms with Crippen molar-refractivity contribution in [3.8, 4) is 0 Å². The molecule has 1 N–H and O–H groups in total. The molecule has 0 aliphatic heterocycles. The molecule has 2 aromatic rings. The van der Waals surface area contributed by atoms with Crippen molar-refractivity contribution >= 4 is 0 Å². The largest absolute Gasteiger partial charge is 0.392 e. The number of benzene rings is 2. The van der Waals surface area contributed by atoms with Crippen LogP contribution < -0.4 is 0 Å². The zero-order valence-electron chi connectivity index (χ0n) is 12.7. The van der Waals surface area contributed by atoms with Gasteiger partial charge in [0, 0.05) is 6.54 Å².